The van der Waals surface area contributed by atoms with Crippen molar-refractivity contribution in [1.82, 2.24) is 4.90 Å². The Morgan fingerprint density at radius 3 is 2.82 bits per heavy atom. The van der Waals surface area contributed by atoms with Crippen LogP contribution >= 0.6 is 38.9 Å². The third-order valence-electron chi connectivity index (χ3n) is 2.90. The molecule has 0 aliphatic carbocycles. The number of benzene rings is 1. The monoisotopic (exact) mass is 401 g/mol. The van der Waals surface area contributed by atoms with E-state index in [0.717, 1.165) is 5.56 Å². The summed E-state index contributed by atoms with van der Waals surface area (Å²) >= 11 is 10.8. The molecule has 0 aliphatic heterocycles. The summed E-state index contributed by atoms with van der Waals surface area (Å²) in [6.45, 7) is 0.167. The Bertz CT molecular complexity index is 675. The van der Waals surface area contributed by atoms with Crippen molar-refractivity contribution in [2.24, 2.45) is 0 Å². The molecule has 7 heteroatoms. The van der Waals surface area contributed by atoms with Crippen LogP contribution in [0, 0.1) is 0 Å². The smallest absolute Gasteiger partial charge is 0.340 e. The standard InChI is InChI=1S/C15H13BrClNO3S/c1-18(7-10-4-5-22-9-10)14(19)8-21-15(20)12-6-11(16)2-3-13(12)17/h2-6,9H,7-8H2,1H3. The molecular formula is C15H13BrClNO3S. The molecule has 2 aromatic rings. The summed E-state index contributed by atoms with van der Waals surface area (Å²) in [6.07, 6.45) is 0. The molecule has 4 nitrogen and oxygen atoms in total. The minimum atomic E-state index is -0.622. The van der Waals surface area contributed by atoms with E-state index in [0.29, 0.717) is 11.0 Å². The van der Waals surface area contributed by atoms with Gasteiger partial charge in [0.1, 0.15) is 0 Å². The maximum Gasteiger partial charge on any atom is 0.340 e. The first kappa shape index (κ1) is 17.0. The highest BCUT2D eigenvalue weighted by Crippen LogP contribution is 2.21. The number of hydrogen-bond acceptors (Lipinski definition) is 4. The van der Waals surface area contributed by atoms with Crippen LogP contribution in [0.15, 0.2) is 39.5 Å². The number of carbonyl (C=O) groups excluding carboxylic acids is 2. The van der Waals surface area contributed by atoms with E-state index in [-0.39, 0.29) is 23.1 Å². The molecule has 0 spiro atoms. The predicted molar refractivity (Wildman–Crippen MR) is 90.2 cm³/mol. The van der Waals surface area contributed by atoms with Gasteiger partial charge >= 0.3 is 5.97 Å². The lowest BCUT2D eigenvalue weighted by Crippen LogP contribution is -2.30. The van der Waals surface area contributed by atoms with Gasteiger partial charge in [0, 0.05) is 18.1 Å². The van der Waals surface area contributed by atoms with Crippen LogP contribution in [0.5, 0.6) is 0 Å². The lowest BCUT2D eigenvalue weighted by Gasteiger charge is -2.16. The van der Waals surface area contributed by atoms with Crippen molar-refractivity contribution in [3.05, 3.63) is 55.6 Å². The van der Waals surface area contributed by atoms with Gasteiger partial charge in [0.05, 0.1) is 10.6 Å². The van der Waals surface area contributed by atoms with Crippen molar-refractivity contribution in [3.63, 3.8) is 0 Å². The molecule has 22 heavy (non-hydrogen) atoms. The minimum absolute atomic E-state index is 0.226. The van der Waals surface area contributed by atoms with Crippen molar-refractivity contribution in [3.8, 4) is 0 Å². The fourth-order valence-corrected chi connectivity index (χ4v) is 2.93. The molecule has 0 aliphatic rings. The first-order valence-electron chi connectivity index (χ1n) is 6.34. The lowest BCUT2D eigenvalue weighted by molar-refractivity contribution is -0.133. The Morgan fingerprint density at radius 1 is 1.36 bits per heavy atom. The second-order valence-corrected chi connectivity index (χ2v) is 6.68. The van der Waals surface area contributed by atoms with Gasteiger partial charge in [-0.15, -0.1) is 0 Å². The minimum Gasteiger partial charge on any atom is -0.452 e. The van der Waals surface area contributed by atoms with Gasteiger partial charge in [0.15, 0.2) is 6.61 Å². The maximum atomic E-state index is 12.0. The number of carbonyl (C=O) groups is 2. The molecule has 1 amide bonds. The van der Waals surface area contributed by atoms with Gasteiger partial charge in [-0.2, -0.15) is 11.3 Å². The highest BCUT2D eigenvalue weighted by atomic mass is 79.9. The van der Waals surface area contributed by atoms with E-state index < -0.39 is 5.97 Å². The molecule has 116 valence electrons. The van der Waals surface area contributed by atoms with E-state index in [2.05, 4.69) is 15.9 Å². The van der Waals surface area contributed by atoms with Gasteiger partial charge in [-0.05, 0) is 40.6 Å². The van der Waals surface area contributed by atoms with E-state index in [1.165, 1.54) is 4.90 Å². The van der Waals surface area contributed by atoms with Crippen molar-refractivity contribution < 1.29 is 14.3 Å². The van der Waals surface area contributed by atoms with Gasteiger partial charge in [0.25, 0.3) is 5.91 Å². The Balaban J connectivity index is 1.90. The van der Waals surface area contributed by atoms with Gasteiger partial charge in [-0.3, -0.25) is 4.79 Å². The van der Waals surface area contributed by atoms with Gasteiger partial charge < -0.3 is 9.64 Å². The Hall–Kier alpha value is -1.37. The highest BCUT2D eigenvalue weighted by Gasteiger charge is 2.16. The van der Waals surface area contributed by atoms with E-state index in [1.54, 1.807) is 36.6 Å². The Morgan fingerprint density at radius 2 is 2.14 bits per heavy atom. The van der Waals surface area contributed by atoms with Crippen molar-refractivity contribution in [1.29, 1.82) is 0 Å². The summed E-state index contributed by atoms with van der Waals surface area (Å²) in [4.78, 5) is 25.4. The fraction of sp³-hybridized carbons (Fsp3) is 0.200. The number of likely N-dealkylation sites (N-methyl/N-ethyl adjacent to an activating group) is 1. The largest absolute Gasteiger partial charge is 0.452 e. The fourth-order valence-electron chi connectivity index (χ4n) is 1.71. The number of esters is 1. The zero-order chi connectivity index (χ0) is 16.1. The van der Waals surface area contributed by atoms with E-state index in [1.807, 2.05) is 16.8 Å². The zero-order valence-electron chi connectivity index (χ0n) is 11.7. The van der Waals surface area contributed by atoms with E-state index >= 15 is 0 Å². The topological polar surface area (TPSA) is 46.6 Å². The van der Waals surface area contributed by atoms with Crippen LogP contribution in [0.3, 0.4) is 0 Å². The predicted octanol–water partition coefficient (Wildman–Crippen LogP) is 3.98. The third-order valence-corrected chi connectivity index (χ3v) is 4.46. The highest BCUT2D eigenvalue weighted by molar-refractivity contribution is 9.10. The summed E-state index contributed by atoms with van der Waals surface area (Å²) in [7, 11) is 1.67. The molecule has 1 heterocycles. The number of halogens is 2. The second-order valence-electron chi connectivity index (χ2n) is 4.58. The number of hydrogen-bond donors (Lipinski definition) is 0. The first-order chi connectivity index (χ1) is 10.5. The van der Waals surface area contributed by atoms with E-state index in [9.17, 15) is 9.59 Å². The molecule has 0 atom stereocenters. The summed E-state index contributed by atoms with van der Waals surface area (Å²) in [5.41, 5.74) is 1.27. The van der Waals surface area contributed by atoms with E-state index in [4.69, 9.17) is 16.3 Å². The summed E-state index contributed by atoms with van der Waals surface area (Å²) in [5.74, 6) is -0.894. The zero-order valence-corrected chi connectivity index (χ0v) is 14.9. The molecule has 1 aromatic carbocycles. The van der Waals surface area contributed by atoms with Crippen molar-refractivity contribution >= 4 is 50.7 Å². The molecule has 1 aromatic heterocycles. The molecular weight excluding hydrogens is 390 g/mol. The molecule has 0 unspecified atom stereocenters. The van der Waals surface area contributed by atoms with Gasteiger partial charge in [-0.1, -0.05) is 27.5 Å². The SMILES string of the molecule is CN(Cc1ccsc1)C(=O)COC(=O)c1cc(Br)ccc1Cl. The first-order valence-corrected chi connectivity index (χ1v) is 8.46. The normalized spacial score (nSPS) is 10.3. The lowest BCUT2D eigenvalue weighted by atomic mass is 10.2. The molecule has 0 saturated heterocycles. The van der Waals surface area contributed by atoms with Crippen LogP contribution in [0.2, 0.25) is 5.02 Å². The Kier molecular flexibility index (Phi) is 5.99. The molecule has 0 radical (unpaired) electrons. The van der Waals surface area contributed by atoms with Crippen LogP contribution in [-0.2, 0) is 16.1 Å². The summed E-state index contributed by atoms with van der Waals surface area (Å²) in [6, 6.07) is 6.82. The number of nitrogens with zero attached hydrogens (tertiary/aromatic N) is 1. The average molecular weight is 403 g/mol. The van der Waals surface area contributed by atoms with Crippen LogP contribution in [0.25, 0.3) is 0 Å². The third kappa shape index (κ3) is 4.56. The Labute approximate surface area is 145 Å². The molecule has 0 saturated carbocycles. The van der Waals surface area contributed by atoms with Gasteiger partial charge in [0.2, 0.25) is 0 Å². The quantitative estimate of drug-likeness (QED) is 0.711. The molecule has 0 bridgehead atoms. The van der Waals surface area contributed by atoms with Gasteiger partial charge in [-0.25, -0.2) is 4.79 Å². The van der Waals surface area contributed by atoms with Crippen LogP contribution in [-0.4, -0.2) is 30.4 Å². The number of ether oxygens (including phenoxy) is 1. The average Bonchev–Trinajstić information content (AvgIpc) is 2.99. The summed E-state index contributed by atoms with van der Waals surface area (Å²) in [5, 5.41) is 4.20. The number of thiophene rings is 1. The molecule has 2 rings (SSSR count). The van der Waals surface area contributed by atoms with Crippen molar-refractivity contribution in [2.45, 2.75) is 6.54 Å². The number of rotatable bonds is 5. The second kappa shape index (κ2) is 7.76. The molecule has 0 fully saturated rings. The number of amides is 1. The molecule has 0 N–H and O–H groups in total. The van der Waals surface area contributed by atoms with Crippen molar-refractivity contribution in [2.75, 3.05) is 13.7 Å². The van der Waals surface area contributed by atoms with Crippen LogP contribution < -0.4 is 0 Å². The summed E-state index contributed by atoms with van der Waals surface area (Å²) < 4.78 is 5.75. The maximum absolute atomic E-state index is 12.0. The van der Waals surface area contributed by atoms with Crippen LogP contribution in [0.1, 0.15) is 15.9 Å². The van der Waals surface area contributed by atoms with Crippen LogP contribution in [0.4, 0.5) is 0 Å².